The molecule has 0 bridgehead atoms. The predicted octanol–water partition coefficient (Wildman–Crippen LogP) is 1.77. The molecule has 1 N–H and O–H groups in total. The van der Waals surface area contributed by atoms with E-state index in [4.69, 9.17) is 0 Å². The number of piperazine rings is 1. The molecule has 0 aromatic carbocycles. The quantitative estimate of drug-likeness (QED) is 0.823. The molecule has 0 atom stereocenters. The highest BCUT2D eigenvalue weighted by Crippen LogP contribution is 2.23. The first kappa shape index (κ1) is 19.9. The minimum Gasteiger partial charge on any atom is -0.349 e. The molecule has 7 nitrogen and oxygen atoms in total. The van der Waals surface area contributed by atoms with Crippen LogP contribution in [0.2, 0.25) is 0 Å². The molecule has 1 fully saturated rings. The van der Waals surface area contributed by atoms with E-state index in [0.29, 0.717) is 24.0 Å². The van der Waals surface area contributed by atoms with Crippen molar-refractivity contribution in [3.8, 4) is 0 Å². The summed E-state index contributed by atoms with van der Waals surface area (Å²) in [5.41, 5.74) is 1.44. The standard InChI is InChI=1S/C20H33N5O2/c1-4-23-11-13-24(14-12-23)20(27)17-16-7-5-6-10-25(16)18(22-17)19(26)21-9-8-15(2)3/h15H,4-14H2,1-3H3,(H,21,26). The predicted molar refractivity (Wildman–Crippen MR) is 105 cm³/mol. The highest BCUT2D eigenvalue weighted by atomic mass is 16.2. The van der Waals surface area contributed by atoms with Crippen LogP contribution in [0, 0.1) is 5.92 Å². The van der Waals surface area contributed by atoms with E-state index < -0.39 is 0 Å². The molecule has 1 saturated heterocycles. The molecule has 2 aliphatic heterocycles. The van der Waals surface area contributed by atoms with Gasteiger partial charge in [0.05, 0.1) is 5.69 Å². The Morgan fingerprint density at radius 3 is 2.52 bits per heavy atom. The summed E-state index contributed by atoms with van der Waals surface area (Å²) >= 11 is 0. The van der Waals surface area contributed by atoms with Crippen molar-refractivity contribution >= 4 is 11.8 Å². The summed E-state index contributed by atoms with van der Waals surface area (Å²) in [5, 5.41) is 2.97. The van der Waals surface area contributed by atoms with E-state index in [-0.39, 0.29) is 11.8 Å². The Kier molecular flexibility index (Phi) is 6.52. The Hall–Kier alpha value is -1.89. The third-order valence-electron chi connectivity index (χ3n) is 5.64. The summed E-state index contributed by atoms with van der Waals surface area (Å²) in [4.78, 5) is 34.6. The Labute approximate surface area is 162 Å². The van der Waals surface area contributed by atoms with Crippen molar-refractivity contribution in [2.45, 2.75) is 53.0 Å². The molecule has 3 heterocycles. The lowest BCUT2D eigenvalue weighted by Gasteiger charge is -2.33. The normalized spacial score (nSPS) is 17.9. The lowest BCUT2D eigenvalue weighted by molar-refractivity contribution is 0.0636. The number of aromatic nitrogens is 2. The highest BCUT2D eigenvalue weighted by molar-refractivity contribution is 5.97. The zero-order valence-corrected chi connectivity index (χ0v) is 17.0. The molecule has 0 aliphatic carbocycles. The van der Waals surface area contributed by atoms with Crippen molar-refractivity contribution in [1.29, 1.82) is 0 Å². The maximum Gasteiger partial charge on any atom is 0.287 e. The molecule has 27 heavy (non-hydrogen) atoms. The molecule has 1 aromatic heterocycles. The number of hydrogen-bond donors (Lipinski definition) is 1. The van der Waals surface area contributed by atoms with Crippen LogP contribution in [0.4, 0.5) is 0 Å². The number of carbonyl (C=O) groups is 2. The smallest absolute Gasteiger partial charge is 0.287 e. The maximum absolute atomic E-state index is 13.1. The molecular formula is C20H33N5O2. The summed E-state index contributed by atoms with van der Waals surface area (Å²) in [6, 6.07) is 0. The fraction of sp³-hybridized carbons (Fsp3) is 0.750. The first-order chi connectivity index (χ1) is 13.0. The van der Waals surface area contributed by atoms with Gasteiger partial charge in [-0.05, 0) is 38.1 Å². The second-order valence-electron chi connectivity index (χ2n) is 8.00. The Morgan fingerprint density at radius 1 is 1.11 bits per heavy atom. The molecule has 0 unspecified atom stereocenters. The molecule has 0 radical (unpaired) electrons. The number of fused-ring (bicyclic) bond motifs is 1. The maximum atomic E-state index is 13.1. The molecule has 1 aromatic rings. The number of amides is 2. The second kappa shape index (κ2) is 8.87. The number of rotatable bonds is 6. The number of nitrogens with one attached hydrogen (secondary N) is 1. The molecule has 0 spiro atoms. The molecule has 7 heteroatoms. The van der Waals surface area contributed by atoms with Gasteiger partial charge in [0.15, 0.2) is 5.82 Å². The second-order valence-corrected chi connectivity index (χ2v) is 8.00. The minimum atomic E-state index is -0.159. The molecular weight excluding hydrogens is 342 g/mol. The zero-order chi connectivity index (χ0) is 19.4. The third-order valence-corrected chi connectivity index (χ3v) is 5.64. The molecule has 150 valence electrons. The van der Waals surface area contributed by atoms with Gasteiger partial charge in [-0.3, -0.25) is 9.59 Å². The topological polar surface area (TPSA) is 70.5 Å². The van der Waals surface area contributed by atoms with Crippen molar-refractivity contribution in [3.05, 3.63) is 17.2 Å². The number of nitrogens with zero attached hydrogens (tertiary/aromatic N) is 4. The fourth-order valence-corrected chi connectivity index (χ4v) is 3.86. The summed E-state index contributed by atoms with van der Waals surface area (Å²) in [7, 11) is 0. The van der Waals surface area contributed by atoms with Crippen LogP contribution in [0.15, 0.2) is 0 Å². The van der Waals surface area contributed by atoms with E-state index >= 15 is 0 Å². The van der Waals surface area contributed by atoms with Crippen molar-refractivity contribution in [1.82, 2.24) is 24.7 Å². The SMILES string of the molecule is CCN1CCN(C(=O)c2nc(C(=O)NCCC(C)C)n3c2CCCC3)CC1. The van der Waals surface area contributed by atoms with Crippen LogP contribution in [0.5, 0.6) is 0 Å². The van der Waals surface area contributed by atoms with Crippen LogP contribution in [0.25, 0.3) is 0 Å². The van der Waals surface area contributed by atoms with Gasteiger partial charge in [-0.15, -0.1) is 0 Å². The Balaban J connectivity index is 1.76. The van der Waals surface area contributed by atoms with Gasteiger partial charge in [0.1, 0.15) is 5.69 Å². The largest absolute Gasteiger partial charge is 0.349 e. The van der Waals surface area contributed by atoms with E-state index in [9.17, 15) is 9.59 Å². The van der Waals surface area contributed by atoms with Crippen LogP contribution in [0.3, 0.4) is 0 Å². The van der Waals surface area contributed by atoms with Crippen molar-refractivity contribution in [2.75, 3.05) is 39.3 Å². The van der Waals surface area contributed by atoms with Gasteiger partial charge in [-0.1, -0.05) is 20.8 Å². The third kappa shape index (κ3) is 4.51. The van der Waals surface area contributed by atoms with Crippen molar-refractivity contribution in [3.63, 3.8) is 0 Å². The first-order valence-electron chi connectivity index (χ1n) is 10.4. The van der Waals surface area contributed by atoms with Crippen LogP contribution in [-0.4, -0.2) is 70.4 Å². The van der Waals surface area contributed by atoms with E-state index in [1.807, 2.05) is 9.47 Å². The summed E-state index contributed by atoms with van der Waals surface area (Å²) in [6.45, 7) is 12.1. The zero-order valence-electron chi connectivity index (χ0n) is 17.0. The van der Waals surface area contributed by atoms with Crippen molar-refractivity contribution in [2.24, 2.45) is 5.92 Å². The lowest BCUT2D eigenvalue weighted by Crippen LogP contribution is -2.48. The van der Waals surface area contributed by atoms with Gasteiger partial charge in [0.25, 0.3) is 11.8 Å². The van der Waals surface area contributed by atoms with Crippen molar-refractivity contribution < 1.29 is 9.59 Å². The van der Waals surface area contributed by atoms with Gasteiger partial charge < -0.3 is 19.7 Å². The number of hydrogen-bond acceptors (Lipinski definition) is 4. The van der Waals surface area contributed by atoms with Crippen LogP contribution < -0.4 is 5.32 Å². The number of carbonyl (C=O) groups excluding carboxylic acids is 2. The summed E-state index contributed by atoms with van der Waals surface area (Å²) in [5.74, 6) is 0.772. The minimum absolute atomic E-state index is 0.0161. The average molecular weight is 376 g/mol. The van der Waals surface area contributed by atoms with Gasteiger partial charge in [0.2, 0.25) is 0 Å². The average Bonchev–Trinajstić information content (AvgIpc) is 3.07. The highest BCUT2D eigenvalue weighted by Gasteiger charge is 2.31. The van der Waals surface area contributed by atoms with Crippen LogP contribution in [0.1, 0.15) is 66.8 Å². The molecule has 2 amide bonds. The Morgan fingerprint density at radius 2 is 1.85 bits per heavy atom. The van der Waals surface area contributed by atoms with E-state index in [0.717, 1.165) is 70.6 Å². The summed E-state index contributed by atoms with van der Waals surface area (Å²) in [6.07, 6.45) is 3.83. The van der Waals surface area contributed by atoms with Crippen LogP contribution in [-0.2, 0) is 13.0 Å². The number of imidazole rings is 1. The van der Waals surface area contributed by atoms with Gasteiger partial charge in [-0.25, -0.2) is 4.98 Å². The molecule has 3 rings (SSSR count). The van der Waals surface area contributed by atoms with E-state index in [1.54, 1.807) is 0 Å². The Bertz CT molecular complexity index is 674. The van der Waals surface area contributed by atoms with Gasteiger partial charge >= 0.3 is 0 Å². The lowest BCUT2D eigenvalue weighted by atomic mass is 10.1. The molecule has 2 aliphatic rings. The van der Waals surface area contributed by atoms with E-state index in [1.165, 1.54) is 0 Å². The fourth-order valence-electron chi connectivity index (χ4n) is 3.86. The monoisotopic (exact) mass is 375 g/mol. The molecule has 0 saturated carbocycles. The number of likely N-dealkylation sites (N-methyl/N-ethyl adjacent to an activating group) is 1. The van der Waals surface area contributed by atoms with Gasteiger partial charge in [0, 0.05) is 39.3 Å². The van der Waals surface area contributed by atoms with Crippen LogP contribution >= 0.6 is 0 Å². The van der Waals surface area contributed by atoms with Gasteiger partial charge in [-0.2, -0.15) is 0 Å². The van der Waals surface area contributed by atoms with E-state index in [2.05, 4.69) is 36.0 Å². The summed E-state index contributed by atoms with van der Waals surface area (Å²) < 4.78 is 1.98. The first-order valence-corrected chi connectivity index (χ1v) is 10.4.